The monoisotopic (exact) mass is 301 g/mol. The van der Waals surface area contributed by atoms with Crippen molar-refractivity contribution in [1.29, 1.82) is 0 Å². The van der Waals surface area contributed by atoms with E-state index in [2.05, 4.69) is 12.2 Å². The number of nitrogens with one attached hydrogen (secondary N) is 1. The lowest BCUT2D eigenvalue weighted by molar-refractivity contribution is -0.121. The van der Waals surface area contributed by atoms with Crippen LogP contribution in [0.3, 0.4) is 0 Å². The molecule has 120 valence electrons. The van der Waals surface area contributed by atoms with Crippen molar-refractivity contribution in [3.05, 3.63) is 29.8 Å². The third-order valence-electron chi connectivity index (χ3n) is 5.42. The van der Waals surface area contributed by atoms with Crippen molar-refractivity contribution >= 4 is 5.91 Å². The summed E-state index contributed by atoms with van der Waals surface area (Å²) in [5.74, 6) is 3.48. The number of amides is 1. The van der Waals surface area contributed by atoms with Gasteiger partial charge in [-0.3, -0.25) is 4.79 Å². The average Bonchev–Trinajstić information content (AvgIpc) is 3.12. The molecule has 2 aliphatic carbocycles. The molecule has 4 atom stereocenters. The molecule has 1 aromatic carbocycles. The summed E-state index contributed by atoms with van der Waals surface area (Å²) in [5, 5.41) is 3.22. The maximum atomic E-state index is 12.3. The number of carbonyl (C=O) groups is 1. The van der Waals surface area contributed by atoms with Gasteiger partial charge in [-0.2, -0.15) is 0 Å². The van der Waals surface area contributed by atoms with Gasteiger partial charge < -0.3 is 10.1 Å². The van der Waals surface area contributed by atoms with Gasteiger partial charge in [0.1, 0.15) is 5.75 Å². The minimum atomic E-state index is 0.138. The first-order valence-corrected chi connectivity index (χ1v) is 8.66. The van der Waals surface area contributed by atoms with Crippen molar-refractivity contribution in [1.82, 2.24) is 5.32 Å². The van der Waals surface area contributed by atoms with E-state index in [0.29, 0.717) is 25.0 Å². The van der Waals surface area contributed by atoms with Gasteiger partial charge in [-0.1, -0.05) is 18.6 Å². The smallest absolute Gasteiger partial charge is 0.224 e. The van der Waals surface area contributed by atoms with Crippen LogP contribution in [0.4, 0.5) is 0 Å². The van der Waals surface area contributed by atoms with Gasteiger partial charge in [0, 0.05) is 6.04 Å². The molecule has 1 aromatic rings. The van der Waals surface area contributed by atoms with Gasteiger partial charge in [-0.25, -0.2) is 0 Å². The maximum absolute atomic E-state index is 12.3. The summed E-state index contributed by atoms with van der Waals surface area (Å²) in [6, 6.07) is 8.14. The molecule has 3 rings (SSSR count). The summed E-state index contributed by atoms with van der Waals surface area (Å²) >= 11 is 0. The maximum Gasteiger partial charge on any atom is 0.224 e. The van der Waals surface area contributed by atoms with Crippen LogP contribution < -0.4 is 10.1 Å². The average molecular weight is 301 g/mol. The fourth-order valence-electron chi connectivity index (χ4n) is 4.37. The van der Waals surface area contributed by atoms with E-state index in [0.717, 1.165) is 23.1 Å². The van der Waals surface area contributed by atoms with E-state index in [1.54, 1.807) is 0 Å². The van der Waals surface area contributed by atoms with Crippen molar-refractivity contribution in [2.45, 2.75) is 52.0 Å². The van der Waals surface area contributed by atoms with E-state index in [4.69, 9.17) is 4.74 Å². The van der Waals surface area contributed by atoms with Gasteiger partial charge in [-0.15, -0.1) is 0 Å². The highest BCUT2D eigenvalue weighted by Gasteiger charge is 2.42. The Morgan fingerprint density at radius 2 is 2.05 bits per heavy atom. The molecule has 0 radical (unpaired) electrons. The number of hydrogen-bond acceptors (Lipinski definition) is 2. The normalized spacial score (nSPS) is 27.6. The largest absolute Gasteiger partial charge is 0.494 e. The lowest BCUT2D eigenvalue weighted by Gasteiger charge is -2.28. The first-order chi connectivity index (χ1) is 10.7. The summed E-state index contributed by atoms with van der Waals surface area (Å²) in [6.07, 6.45) is 5.94. The van der Waals surface area contributed by atoms with Crippen LogP contribution in [0.25, 0.3) is 0 Å². The van der Waals surface area contributed by atoms with Gasteiger partial charge in [-0.05, 0) is 68.6 Å². The van der Waals surface area contributed by atoms with Crippen molar-refractivity contribution in [3.63, 3.8) is 0 Å². The van der Waals surface area contributed by atoms with Crippen LogP contribution in [-0.4, -0.2) is 18.6 Å². The topological polar surface area (TPSA) is 38.3 Å². The Bertz CT molecular complexity index is 511. The molecular formula is C19H27NO2. The Morgan fingerprint density at radius 3 is 2.64 bits per heavy atom. The third kappa shape index (κ3) is 3.45. The molecule has 4 unspecified atom stereocenters. The highest BCUT2D eigenvalue weighted by atomic mass is 16.5. The first kappa shape index (κ1) is 15.4. The number of hydrogen-bond donors (Lipinski definition) is 1. The molecule has 2 aliphatic rings. The Labute approximate surface area is 133 Å². The van der Waals surface area contributed by atoms with Crippen molar-refractivity contribution in [3.8, 4) is 5.75 Å². The predicted octanol–water partition coefficient (Wildman–Crippen LogP) is 3.57. The molecule has 0 heterocycles. The zero-order valence-corrected chi connectivity index (χ0v) is 13.7. The molecule has 0 aromatic heterocycles. The summed E-state index contributed by atoms with van der Waals surface area (Å²) < 4.78 is 5.43. The number of ether oxygens (including phenoxy) is 1. The van der Waals surface area contributed by atoms with Gasteiger partial charge in [0.05, 0.1) is 13.0 Å². The zero-order valence-electron chi connectivity index (χ0n) is 13.7. The van der Waals surface area contributed by atoms with Crippen LogP contribution in [0.15, 0.2) is 24.3 Å². The van der Waals surface area contributed by atoms with Crippen LogP contribution >= 0.6 is 0 Å². The Balaban J connectivity index is 1.49. The molecule has 2 fully saturated rings. The quantitative estimate of drug-likeness (QED) is 0.872. The molecule has 0 spiro atoms. The highest BCUT2D eigenvalue weighted by molar-refractivity contribution is 5.78. The molecule has 22 heavy (non-hydrogen) atoms. The molecule has 2 bridgehead atoms. The van der Waals surface area contributed by atoms with Crippen LogP contribution in [0.1, 0.15) is 45.1 Å². The SMILES string of the molecule is CCOc1ccc(CC(=O)NC(C)C2CC3CCC2C3)cc1. The third-order valence-corrected chi connectivity index (χ3v) is 5.42. The van der Waals surface area contributed by atoms with Gasteiger partial charge in [0.25, 0.3) is 0 Å². The van der Waals surface area contributed by atoms with Gasteiger partial charge in [0.15, 0.2) is 0 Å². The lowest BCUT2D eigenvalue weighted by atomic mass is 9.84. The zero-order chi connectivity index (χ0) is 15.5. The first-order valence-electron chi connectivity index (χ1n) is 8.66. The van der Waals surface area contributed by atoms with E-state index >= 15 is 0 Å². The van der Waals surface area contributed by atoms with Crippen molar-refractivity contribution in [2.75, 3.05) is 6.61 Å². The molecule has 0 saturated heterocycles. The minimum absolute atomic E-state index is 0.138. The fourth-order valence-corrected chi connectivity index (χ4v) is 4.37. The summed E-state index contributed by atoms with van der Waals surface area (Å²) in [5.41, 5.74) is 1.04. The summed E-state index contributed by atoms with van der Waals surface area (Å²) in [4.78, 5) is 12.3. The van der Waals surface area contributed by atoms with E-state index in [1.165, 1.54) is 25.7 Å². The van der Waals surface area contributed by atoms with Gasteiger partial charge >= 0.3 is 0 Å². The van der Waals surface area contributed by atoms with E-state index < -0.39 is 0 Å². The van der Waals surface area contributed by atoms with Gasteiger partial charge in [0.2, 0.25) is 5.91 Å². The molecule has 2 saturated carbocycles. The Kier molecular flexibility index (Phi) is 4.70. The Hall–Kier alpha value is -1.51. The lowest BCUT2D eigenvalue weighted by Crippen LogP contribution is -2.40. The number of rotatable bonds is 6. The second-order valence-electron chi connectivity index (χ2n) is 6.95. The van der Waals surface area contributed by atoms with E-state index in [1.807, 2.05) is 31.2 Å². The summed E-state index contributed by atoms with van der Waals surface area (Å²) in [6.45, 7) is 4.82. The molecule has 3 nitrogen and oxygen atoms in total. The van der Waals surface area contributed by atoms with Crippen molar-refractivity contribution in [2.24, 2.45) is 17.8 Å². The second kappa shape index (κ2) is 6.72. The van der Waals surface area contributed by atoms with E-state index in [-0.39, 0.29) is 5.91 Å². The van der Waals surface area contributed by atoms with Crippen LogP contribution in [0.5, 0.6) is 5.75 Å². The van der Waals surface area contributed by atoms with Crippen LogP contribution in [-0.2, 0) is 11.2 Å². The standard InChI is InChI=1S/C19H27NO2/c1-3-22-17-8-5-14(6-9-17)12-19(21)20-13(2)18-11-15-4-7-16(18)10-15/h5-6,8-9,13,15-16,18H,3-4,7,10-12H2,1-2H3,(H,20,21). The molecule has 3 heteroatoms. The number of benzene rings is 1. The molecule has 1 amide bonds. The molecular weight excluding hydrogens is 274 g/mol. The number of carbonyl (C=O) groups excluding carboxylic acids is 1. The minimum Gasteiger partial charge on any atom is -0.494 e. The number of fused-ring (bicyclic) bond motifs is 2. The predicted molar refractivity (Wildman–Crippen MR) is 87.9 cm³/mol. The summed E-state index contributed by atoms with van der Waals surface area (Å²) in [7, 11) is 0. The van der Waals surface area contributed by atoms with Crippen molar-refractivity contribution < 1.29 is 9.53 Å². The van der Waals surface area contributed by atoms with Crippen LogP contribution in [0, 0.1) is 17.8 Å². The second-order valence-corrected chi connectivity index (χ2v) is 6.95. The molecule has 1 N–H and O–H groups in total. The fraction of sp³-hybridized carbons (Fsp3) is 0.632. The highest BCUT2D eigenvalue weighted by Crippen LogP contribution is 2.49. The molecule has 0 aliphatic heterocycles. The Morgan fingerprint density at radius 1 is 1.27 bits per heavy atom. The van der Waals surface area contributed by atoms with Crippen LogP contribution in [0.2, 0.25) is 0 Å². The van der Waals surface area contributed by atoms with E-state index in [9.17, 15) is 4.79 Å².